The fourth-order valence-corrected chi connectivity index (χ4v) is 3.32. The molecule has 0 aliphatic carbocycles. The van der Waals surface area contributed by atoms with E-state index >= 15 is 0 Å². The van der Waals surface area contributed by atoms with Crippen molar-refractivity contribution < 1.29 is 13.2 Å². The molecule has 1 aliphatic rings. The maximum Gasteiger partial charge on any atom is 0.254 e. The highest BCUT2D eigenvalue weighted by atomic mass is 32.2. The minimum absolute atomic E-state index is 0.0489. The largest absolute Gasteiger partial charge is 0.336 e. The number of carbonyl (C=O) groups excluding carboxylic acids is 1. The van der Waals surface area contributed by atoms with Gasteiger partial charge in [-0.05, 0) is 24.6 Å². The monoisotopic (exact) mass is 311 g/mol. The van der Waals surface area contributed by atoms with Gasteiger partial charge in [0.25, 0.3) is 5.91 Å². The molecule has 7 heteroatoms. The topological polar surface area (TPSA) is 83.7 Å². The molecule has 0 unspecified atom stereocenters. The fraction of sp³-hybridized carbons (Fsp3) is 0.500. The molecule has 1 fully saturated rings. The minimum Gasteiger partial charge on any atom is -0.336 e. The molecule has 1 aliphatic heterocycles. The van der Waals surface area contributed by atoms with Crippen LogP contribution >= 0.6 is 0 Å². The number of hydrogen-bond donors (Lipinski definition) is 1. The van der Waals surface area contributed by atoms with Crippen LogP contribution in [0.1, 0.15) is 15.9 Å². The predicted octanol–water partition coefficient (Wildman–Crippen LogP) is -0.0948. The van der Waals surface area contributed by atoms with Crippen molar-refractivity contribution in [2.24, 2.45) is 5.73 Å². The lowest BCUT2D eigenvalue weighted by Crippen LogP contribution is -2.50. The Kier molecular flexibility index (Phi) is 4.97. The number of nitrogens with zero attached hydrogens (tertiary/aromatic N) is 2. The molecule has 0 aromatic heterocycles. The van der Waals surface area contributed by atoms with Crippen LogP contribution in [-0.4, -0.2) is 62.5 Å². The summed E-state index contributed by atoms with van der Waals surface area (Å²) in [6.45, 7) is 2.03. The molecule has 1 heterocycles. The Morgan fingerprint density at radius 3 is 2.38 bits per heavy atom. The average molecular weight is 311 g/mol. The zero-order valence-electron chi connectivity index (χ0n) is 12.2. The fourth-order valence-electron chi connectivity index (χ4n) is 2.50. The molecule has 2 N–H and O–H groups in total. The summed E-state index contributed by atoms with van der Waals surface area (Å²) < 4.78 is 24.4. The van der Waals surface area contributed by atoms with Crippen molar-refractivity contribution in [3.63, 3.8) is 0 Å². The number of nitrogens with two attached hydrogens (primary N) is 1. The molecule has 6 nitrogen and oxygen atoms in total. The van der Waals surface area contributed by atoms with Gasteiger partial charge < -0.3 is 10.6 Å². The van der Waals surface area contributed by atoms with E-state index in [9.17, 15) is 13.2 Å². The van der Waals surface area contributed by atoms with Gasteiger partial charge in [-0.1, -0.05) is 18.2 Å². The normalized spacial score (nSPS) is 17.0. The number of benzene rings is 1. The molecule has 1 aromatic rings. The Morgan fingerprint density at radius 2 is 1.81 bits per heavy atom. The highest BCUT2D eigenvalue weighted by molar-refractivity contribution is 7.88. The first kappa shape index (κ1) is 15.9. The Labute approximate surface area is 125 Å². The van der Waals surface area contributed by atoms with E-state index in [0.717, 1.165) is 5.56 Å². The number of amides is 1. The summed E-state index contributed by atoms with van der Waals surface area (Å²) in [6.07, 6.45) is 1.85. The zero-order chi connectivity index (χ0) is 15.5. The van der Waals surface area contributed by atoms with Crippen LogP contribution in [0, 0.1) is 0 Å². The maximum atomic E-state index is 12.6. The van der Waals surface area contributed by atoms with Gasteiger partial charge in [0, 0.05) is 31.7 Å². The van der Waals surface area contributed by atoms with Gasteiger partial charge >= 0.3 is 0 Å². The zero-order valence-corrected chi connectivity index (χ0v) is 13.0. The van der Waals surface area contributed by atoms with Crippen LogP contribution in [0.3, 0.4) is 0 Å². The number of carbonyl (C=O) groups is 1. The van der Waals surface area contributed by atoms with Crippen molar-refractivity contribution in [2.45, 2.75) is 6.42 Å². The molecule has 0 spiro atoms. The van der Waals surface area contributed by atoms with Crippen LogP contribution in [-0.2, 0) is 16.4 Å². The Hall–Kier alpha value is -1.44. The van der Waals surface area contributed by atoms with Gasteiger partial charge in [0.2, 0.25) is 10.0 Å². The van der Waals surface area contributed by atoms with Crippen LogP contribution in [0.2, 0.25) is 0 Å². The maximum absolute atomic E-state index is 12.6. The third-order valence-electron chi connectivity index (χ3n) is 3.66. The highest BCUT2D eigenvalue weighted by Crippen LogP contribution is 2.15. The summed E-state index contributed by atoms with van der Waals surface area (Å²) in [5.74, 6) is -0.0489. The summed E-state index contributed by atoms with van der Waals surface area (Å²) >= 11 is 0. The predicted molar refractivity (Wildman–Crippen MR) is 81.5 cm³/mol. The molecule has 2 rings (SSSR count). The van der Waals surface area contributed by atoms with Crippen molar-refractivity contribution in [2.75, 3.05) is 39.0 Å². The number of hydrogen-bond acceptors (Lipinski definition) is 4. The molecule has 1 saturated heterocycles. The molecule has 0 saturated carbocycles. The molecule has 1 amide bonds. The van der Waals surface area contributed by atoms with Gasteiger partial charge in [-0.15, -0.1) is 0 Å². The third-order valence-corrected chi connectivity index (χ3v) is 4.96. The van der Waals surface area contributed by atoms with E-state index in [4.69, 9.17) is 5.73 Å². The Balaban J connectivity index is 2.09. The van der Waals surface area contributed by atoms with E-state index in [1.54, 1.807) is 11.0 Å². The summed E-state index contributed by atoms with van der Waals surface area (Å²) in [5, 5.41) is 0. The van der Waals surface area contributed by atoms with Crippen molar-refractivity contribution in [3.05, 3.63) is 35.4 Å². The van der Waals surface area contributed by atoms with Crippen LogP contribution < -0.4 is 5.73 Å². The van der Waals surface area contributed by atoms with Gasteiger partial charge in [0.1, 0.15) is 0 Å². The standard InChI is InChI=1S/C14H21N3O3S/c1-21(19,20)17-10-8-16(9-11-17)14(18)13-5-3-2-4-12(13)6-7-15/h2-5H,6-11,15H2,1H3. The highest BCUT2D eigenvalue weighted by Gasteiger charge is 2.27. The smallest absolute Gasteiger partial charge is 0.254 e. The van der Waals surface area contributed by atoms with Crippen LogP contribution in [0.15, 0.2) is 24.3 Å². The second kappa shape index (κ2) is 6.55. The summed E-state index contributed by atoms with van der Waals surface area (Å²) in [4.78, 5) is 14.3. The van der Waals surface area contributed by atoms with Crippen molar-refractivity contribution in [1.82, 2.24) is 9.21 Å². The van der Waals surface area contributed by atoms with Crippen LogP contribution in [0.25, 0.3) is 0 Å². The first-order chi connectivity index (χ1) is 9.93. The SMILES string of the molecule is CS(=O)(=O)N1CCN(C(=O)c2ccccc2CCN)CC1. The second-order valence-corrected chi connectivity index (χ2v) is 7.13. The van der Waals surface area contributed by atoms with Crippen molar-refractivity contribution in [1.29, 1.82) is 0 Å². The lowest BCUT2D eigenvalue weighted by Gasteiger charge is -2.33. The van der Waals surface area contributed by atoms with E-state index in [1.807, 2.05) is 18.2 Å². The van der Waals surface area contributed by atoms with Gasteiger partial charge in [-0.3, -0.25) is 4.79 Å². The first-order valence-electron chi connectivity index (χ1n) is 6.96. The molecule has 0 atom stereocenters. The molecular weight excluding hydrogens is 290 g/mol. The van der Waals surface area contributed by atoms with Crippen molar-refractivity contribution in [3.8, 4) is 0 Å². The Bertz CT molecular complexity index is 608. The number of piperazine rings is 1. The second-order valence-electron chi connectivity index (χ2n) is 5.15. The van der Waals surface area contributed by atoms with Crippen molar-refractivity contribution >= 4 is 15.9 Å². The summed E-state index contributed by atoms with van der Waals surface area (Å²) in [7, 11) is -3.18. The molecule has 21 heavy (non-hydrogen) atoms. The molecule has 116 valence electrons. The van der Waals surface area contributed by atoms with Crippen LogP contribution in [0.4, 0.5) is 0 Å². The van der Waals surface area contributed by atoms with E-state index in [2.05, 4.69) is 0 Å². The van der Waals surface area contributed by atoms with Gasteiger partial charge in [-0.25, -0.2) is 8.42 Å². The summed E-state index contributed by atoms with van der Waals surface area (Å²) in [5.41, 5.74) is 7.18. The first-order valence-corrected chi connectivity index (χ1v) is 8.80. The number of rotatable bonds is 4. The lowest BCUT2D eigenvalue weighted by atomic mass is 10.0. The minimum atomic E-state index is -3.18. The van der Waals surface area contributed by atoms with E-state index < -0.39 is 10.0 Å². The summed E-state index contributed by atoms with van der Waals surface area (Å²) in [6, 6.07) is 7.44. The molecule has 0 radical (unpaired) electrons. The van der Waals surface area contributed by atoms with Gasteiger partial charge in [0.15, 0.2) is 0 Å². The lowest BCUT2D eigenvalue weighted by molar-refractivity contribution is 0.0697. The van der Waals surface area contributed by atoms with Gasteiger partial charge in [0.05, 0.1) is 6.26 Å². The van der Waals surface area contributed by atoms with E-state index in [1.165, 1.54) is 10.6 Å². The Morgan fingerprint density at radius 1 is 1.19 bits per heavy atom. The molecule has 0 bridgehead atoms. The number of sulfonamides is 1. The van der Waals surface area contributed by atoms with Crippen LogP contribution in [0.5, 0.6) is 0 Å². The third kappa shape index (κ3) is 3.81. The average Bonchev–Trinajstić information content (AvgIpc) is 2.47. The van der Waals surface area contributed by atoms with E-state index in [-0.39, 0.29) is 5.91 Å². The van der Waals surface area contributed by atoms with E-state index in [0.29, 0.717) is 44.7 Å². The molecular formula is C14H21N3O3S. The molecule has 1 aromatic carbocycles. The quantitative estimate of drug-likeness (QED) is 0.842. The van der Waals surface area contributed by atoms with Gasteiger partial charge in [-0.2, -0.15) is 4.31 Å².